The van der Waals surface area contributed by atoms with Crippen molar-refractivity contribution in [1.29, 1.82) is 0 Å². The van der Waals surface area contributed by atoms with Crippen molar-refractivity contribution >= 4 is 50.9 Å². The highest BCUT2D eigenvalue weighted by atomic mass is 35.5. The van der Waals surface area contributed by atoms with Crippen molar-refractivity contribution in [3.63, 3.8) is 0 Å². The summed E-state index contributed by atoms with van der Waals surface area (Å²) in [6, 6.07) is 16.0. The highest BCUT2D eigenvalue weighted by Crippen LogP contribution is 2.49. The number of benzene rings is 3. The number of rotatable bonds is 4. The number of aliphatic hydroxyl groups is 1. The number of fused-ring (bicyclic) bond motifs is 4. The summed E-state index contributed by atoms with van der Waals surface area (Å²) < 4.78 is 1.11. The molecule has 5 N–H and O–H groups in total. The Morgan fingerprint density at radius 1 is 1.07 bits per heavy atom. The zero-order valence-corrected chi connectivity index (χ0v) is 24.1. The van der Waals surface area contributed by atoms with Gasteiger partial charge in [-0.25, -0.2) is 9.36 Å². The van der Waals surface area contributed by atoms with Crippen molar-refractivity contribution in [2.45, 2.75) is 50.0 Å². The fourth-order valence-electron chi connectivity index (χ4n) is 6.14. The van der Waals surface area contributed by atoms with E-state index in [1.165, 1.54) is 0 Å². The molecule has 1 amide bonds. The van der Waals surface area contributed by atoms with E-state index in [-0.39, 0.29) is 16.5 Å². The van der Waals surface area contributed by atoms with E-state index in [1.807, 2.05) is 31.2 Å². The fourth-order valence-corrected chi connectivity index (χ4v) is 6.80. The highest BCUT2D eigenvalue weighted by molar-refractivity contribution is 6.34. The van der Waals surface area contributed by atoms with Crippen LogP contribution in [0.25, 0.3) is 27.5 Å². The van der Waals surface area contributed by atoms with Gasteiger partial charge in [-0.05, 0) is 73.7 Å². The molecule has 10 heteroatoms. The number of para-hydroxylation sites is 1. The smallest absolute Gasteiger partial charge is 0.333 e. The molecular formula is C31H28Cl2N4O4. The minimum absolute atomic E-state index is 0.283. The molecule has 1 unspecified atom stereocenters. The van der Waals surface area contributed by atoms with E-state index < -0.39 is 34.1 Å². The number of aromatic nitrogens is 3. The summed E-state index contributed by atoms with van der Waals surface area (Å²) in [5.74, 6) is -1.49. The van der Waals surface area contributed by atoms with Gasteiger partial charge >= 0.3 is 5.69 Å². The molecule has 3 atom stereocenters. The van der Waals surface area contributed by atoms with Crippen LogP contribution in [0.2, 0.25) is 5.02 Å². The van der Waals surface area contributed by atoms with Crippen molar-refractivity contribution in [3.05, 3.63) is 108 Å². The lowest BCUT2D eigenvalue weighted by Gasteiger charge is -2.33. The van der Waals surface area contributed by atoms with E-state index in [9.17, 15) is 19.5 Å². The number of primary amides is 1. The number of halogens is 2. The second kappa shape index (κ2) is 9.62. The predicted octanol–water partition coefficient (Wildman–Crippen LogP) is 5.06. The molecule has 0 fully saturated rings. The lowest BCUT2D eigenvalue weighted by Crippen LogP contribution is -2.35. The SMILES string of the molecule is Cc1c([C@H]2c3c([nH]c4cc(C(C)(C)O)ccc34)[C@@H](C(N)=O)CC2Cl)cccc1-n1c(=O)[nH]c2c(Cl)cccc2c1=O. The van der Waals surface area contributed by atoms with Crippen LogP contribution in [0.15, 0.2) is 64.2 Å². The van der Waals surface area contributed by atoms with Crippen molar-refractivity contribution in [3.8, 4) is 5.69 Å². The molecule has 0 aliphatic heterocycles. The van der Waals surface area contributed by atoms with Gasteiger partial charge in [-0.1, -0.05) is 41.9 Å². The Morgan fingerprint density at radius 2 is 1.80 bits per heavy atom. The number of carbonyl (C=O) groups is 1. The maximum Gasteiger partial charge on any atom is 0.333 e. The van der Waals surface area contributed by atoms with Gasteiger partial charge in [-0.3, -0.25) is 9.59 Å². The monoisotopic (exact) mass is 590 g/mol. The maximum atomic E-state index is 13.6. The first-order valence-electron chi connectivity index (χ1n) is 13.2. The van der Waals surface area contributed by atoms with Gasteiger partial charge < -0.3 is 20.8 Å². The molecule has 2 heterocycles. The normalized spacial score (nSPS) is 19.0. The standard InChI is InChI=1S/C31H28Cl2N4O4/c1-14-16(6-5-9-23(14)37-29(39)18-7-4-8-20(32)26(18)36-30(37)40)24-21(33)13-19(28(34)38)27-25(24)17-11-10-15(31(2,3)41)12-22(17)35-27/h4-12,19,21,24,35,41H,13H2,1-3H3,(H2,34,38)(H,36,40)/t19-,21?,24+/m0/s1. The lowest BCUT2D eigenvalue weighted by molar-refractivity contribution is -0.119. The Labute approximate surface area is 244 Å². The Kier molecular flexibility index (Phi) is 6.41. The van der Waals surface area contributed by atoms with Gasteiger partial charge in [-0.15, -0.1) is 11.6 Å². The van der Waals surface area contributed by atoms with Crippen molar-refractivity contribution in [1.82, 2.24) is 14.5 Å². The molecule has 8 nitrogen and oxygen atoms in total. The van der Waals surface area contributed by atoms with E-state index in [4.69, 9.17) is 28.9 Å². The van der Waals surface area contributed by atoms with E-state index in [1.54, 1.807) is 44.2 Å². The van der Waals surface area contributed by atoms with Crippen molar-refractivity contribution in [2.75, 3.05) is 0 Å². The van der Waals surface area contributed by atoms with Gasteiger partial charge in [0.1, 0.15) is 0 Å². The van der Waals surface area contributed by atoms with Gasteiger partial charge in [0, 0.05) is 27.9 Å². The number of nitrogens with one attached hydrogen (secondary N) is 2. The van der Waals surface area contributed by atoms with E-state index in [0.717, 1.165) is 26.6 Å². The van der Waals surface area contributed by atoms with Crippen LogP contribution in [0.3, 0.4) is 0 Å². The van der Waals surface area contributed by atoms with Gasteiger partial charge in [0.05, 0.1) is 33.1 Å². The third-order valence-electron chi connectivity index (χ3n) is 8.21. The number of H-pyrrole nitrogens is 2. The molecular weight excluding hydrogens is 563 g/mol. The quantitative estimate of drug-likeness (QED) is 0.217. The van der Waals surface area contributed by atoms with Crippen LogP contribution in [-0.2, 0) is 10.4 Å². The molecule has 5 aromatic rings. The Balaban J connectivity index is 1.59. The number of aromatic amines is 2. The fraction of sp³-hybridized carbons (Fsp3) is 0.258. The van der Waals surface area contributed by atoms with Crippen LogP contribution in [0.5, 0.6) is 0 Å². The molecule has 2 aromatic heterocycles. The van der Waals surface area contributed by atoms with Crippen LogP contribution < -0.4 is 17.0 Å². The Morgan fingerprint density at radius 3 is 2.51 bits per heavy atom. The largest absolute Gasteiger partial charge is 0.386 e. The van der Waals surface area contributed by atoms with E-state index in [2.05, 4.69) is 9.97 Å². The minimum Gasteiger partial charge on any atom is -0.386 e. The van der Waals surface area contributed by atoms with Crippen molar-refractivity contribution in [2.24, 2.45) is 5.73 Å². The molecule has 1 aliphatic rings. The minimum atomic E-state index is -1.06. The summed E-state index contributed by atoms with van der Waals surface area (Å²) in [5.41, 5.74) is 8.87. The number of hydrogen-bond donors (Lipinski definition) is 4. The van der Waals surface area contributed by atoms with Crippen molar-refractivity contribution < 1.29 is 9.90 Å². The summed E-state index contributed by atoms with van der Waals surface area (Å²) >= 11 is 13.3. The number of nitrogens with two attached hydrogens (primary N) is 1. The highest BCUT2D eigenvalue weighted by Gasteiger charge is 2.41. The van der Waals surface area contributed by atoms with Gasteiger partial charge in [0.15, 0.2) is 0 Å². The van der Waals surface area contributed by atoms with E-state index >= 15 is 0 Å². The maximum absolute atomic E-state index is 13.6. The van der Waals surface area contributed by atoms with Gasteiger partial charge in [-0.2, -0.15) is 0 Å². The molecule has 210 valence electrons. The second-order valence-electron chi connectivity index (χ2n) is 11.2. The van der Waals surface area contributed by atoms with E-state index in [0.29, 0.717) is 34.3 Å². The number of carbonyl (C=O) groups excluding carboxylic acids is 1. The third-order valence-corrected chi connectivity index (χ3v) is 8.95. The number of amides is 1. The first-order valence-corrected chi connectivity index (χ1v) is 14.0. The molecule has 41 heavy (non-hydrogen) atoms. The molecule has 0 radical (unpaired) electrons. The molecule has 1 aliphatic carbocycles. The van der Waals surface area contributed by atoms with Crippen LogP contribution in [0, 0.1) is 6.92 Å². The predicted molar refractivity (Wildman–Crippen MR) is 161 cm³/mol. The number of hydrogen-bond acceptors (Lipinski definition) is 4. The Bertz CT molecular complexity index is 2000. The van der Waals surface area contributed by atoms with Crippen LogP contribution in [-0.4, -0.2) is 30.9 Å². The summed E-state index contributed by atoms with van der Waals surface area (Å²) in [5, 5.41) is 11.5. The molecule has 3 aromatic carbocycles. The first-order chi connectivity index (χ1) is 19.4. The molecule has 0 bridgehead atoms. The van der Waals surface area contributed by atoms with Crippen LogP contribution >= 0.6 is 23.2 Å². The summed E-state index contributed by atoms with van der Waals surface area (Å²) in [6.45, 7) is 5.27. The average molecular weight is 591 g/mol. The van der Waals surface area contributed by atoms with Crippen LogP contribution in [0.1, 0.15) is 60.1 Å². The van der Waals surface area contributed by atoms with Gasteiger partial charge in [0.25, 0.3) is 5.56 Å². The first kappa shape index (κ1) is 27.3. The number of nitrogens with zero attached hydrogens (tertiary/aromatic N) is 1. The molecule has 0 saturated carbocycles. The third kappa shape index (κ3) is 4.29. The van der Waals surface area contributed by atoms with Crippen LogP contribution in [0.4, 0.5) is 0 Å². The summed E-state index contributed by atoms with van der Waals surface area (Å²) in [4.78, 5) is 45.4. The zero-order valence-electron chi connectivity index (χ0n) is 22.6. The number of alkyl halides is 1. The lowest BCUT2D eigenvalue weighted by atomic mass is 9.74. The Hall–Kier alpha value is -3.85. The summed E-state index contributed by atoms with van der Waals surface area (Å²) in [6.07, 6.45) is 0.304. The van der Waals surface area contributed by atoms with Gasteiger partial charge in [0.2, 0.25) is 5.91 Å². The molecule has 0 saturated heterocycles. The topological polar surface area (TPSA) is 134 Å². The second-order valence-corrected chi connectivity index (χ2v) is 12.1. The molecule has 0 spiro atoms. The average Bonchev–Trinajstić information content (AvgIpc) is 3.28. The molecule has 6 rings (SSSR count). The zero-order chi connectivity index (χ0) is 29.4. The summed E-state index contributed by atoms with van der Waals surface area (Å²) in [7, 11) is 0.